The largest absolute Gasteiger partial charge is 0.497 e. The summed E-state index contributed by atoms with van der Waals surface area (Å²) in [4.78, 5) is 27.7. The van der Waals surface area contributed by atoms with Gasteiger partial charge in [-0.1, -0.05) is 30.0 Å². The molecule has 6 nitrogen and oxygen atoms in total. The van der Waals surface area contributed by atoms with Gasteiger partial charge in [0, 0.05) is 16.8 Å². The molecule has 1 saturated heterocycles. The zero-order valence-corrected chi connectivity index (χ0v) is 19.8. The number of hydrogen-bond acceptors (Lipinski definition) is 6. The molecule has 0 bridgehead atoms. The van der Waals surface area contributed by atoms with Crippen molar-refractivity contribution in [2.24, 2.45) is 0 Å². The fourth-order valence-electron chi connectivity index (χ4n) is 3.31. The van der Waals surface area contributed by atoms with E-state index in [1.54, 1.807) is 62.8 Å². The van der Waals surface area contributed by atoms with E-state index in [9.17, 15) is 14.0 Å². The summed E-state index contributed by atoms with van der Waals surface area (Å²) in [5.41, 5.74) is 1.93. The monoisotopic (exact) mass is 494 g/mol. The highest BCUT2D eigenvalue weighted by Gasteiger charge is 2.33. The van der Waals surface area contributed by atoms with Crippen LogP contribution in [0.25, 0.3) is 6.08 Å². The predicted octanol–water partition coefficient (Wildman–Crippen LogP) is 5.50. The van der Waals surface area contributed by atoms with E-state index in [-0.39, 0.29) is 5.91 Å². The first-order valence-electron chi connectivity index (χ1n) is 10.1. The minimum atomic E-state index is -0.394. The van der Waals surface area contributed by atoms with Gasteiger partial charge >= 0.3 is 0 Å². The van der Waals surface area contributed by atoms with E-state index in [4.69, 9.17) is 21.7 Å². The van der Waals surface area contributed by atoms with Gasteiger partial charge in [-0.25, -0.2) is 4.39 Å². The Labute approximate surface area is 205 Å². The summed E-state index contributed by atoms with van der Waals surface area (Å²) in [5, 5.41) is 2.71. The van der Waals surface area contributed by atoms with Crippen LogP contribution in [0, 0.1) is 5.82 Å². The van der Waals surface area contributed by atoms with E-state index in [1.807, 2.05) is 0 Å². The zero-order chi connectivity index (χ0) is 24.2. The molecule has 0 spiro atoms. The molecule has 0 radical (unpaired) electrons. The molecular weight excluding hydrogens is 475 g/mol. The van der Waals surface area contributed by atoms with Crippen LogP contribution in [-0.2, 0) is 4.79 Å². The Morgan fingerprint density at radius 2 is 1.82 bits per heavy atom. The van der Waals surface area contributed by atoms with Gasteiger partial charge in [-0.15, -0.1) is 0 Å². The Balaban J connectivity index is 1.59. The van der Waals surface area contributed by atoms with Crippen molar-refractivity contribution in [3.05, 3.63) is 88.6 Å². The third kappa shape index (κ3) is 4.95. The fraction of sp³-hybridized carbons (Fsp3) is 0.0800. The summed E-state index contributed by atoms with van der Waals surface area (Å²) in [6.07, 6.45) is 1.70. The van der Waals surface area contributed by atoms with E-state index >= 15 is 0 Å². The minimum Gasteiger partial charge on any atom is -0.497 e. The highest BCUT2D eigenvalue weighted by molar-refractivity contribution is 8.27. The number of carbonyl (C=O) groups is 2. The summed E-state index contributed by atoms with van der Waals surface area (Å²) in [6, 6.07) is 17.3. The smallest absolute Gasteiger partial charge is 0.270 e. The molecule has 3 aromatic carbocycles. The lowest BCUT2D eigenvalue weighted by molar-refractivity contribution is -0.113. The van der Waals surface area contributed by atoms with Gasteiger partial charge in [0.1, 0.15) is 17.3 Å². The Bertz CT molecular complexity index is 1310. The summed E-state index contributed by atoms with van der Waals surface area (Å²) in [5.74, 6) is 0.119. The van der Waals surface area contributed by atoms with Crippen LogP contribution in [0.4, 0.5) is 15.8 Å². The van der Waals surface area contributed by atoms with Crippen molar-refractivity contribution in [3.63, 3.8) is 0 Å². The first-order valence-corrected chi connectivity index (χ1v) is 11.3. The molecule has 0 unspecified atom stereocenters. The highest BCUT2D eigenvalue weighted by Crippen LogP contribution is 2.38. The average Bonchev–Trinajstić information content (AvgIpc) is 3.12. The number of methoxy groups -OCH3 is 2. The van der Waals surface area contributed by atoms with E-state index in [0.29, 0.717) is 43.2 Å². The molecule has 0 aliphatic carbocycles. The molecular formula is C25H19FN2O4S2. The third-order valence-corrected chi connectivity index (χ3v) is 6.29. The molecule has 172 valence electrons. The number of nitrogens with one attached hydrogen (secondary N) is 1. The number of amides is 2. The van der Waals surface area contributed by atoms with Crippen LogP contribution in [0.5, 0.6) is 11.5 Å². The van der Waals surface area contributed by atoms with Gasteiger partial charge in [-0.05, 0) is 66.7 Å². The summed E-state index contributed by atoms with van der Waals surface area (Å²) < 4.78 is 24.1. The lowest BCUT2D eigenvalue weighted by atomic mass is 10.1. The number of carbonyl (C=O) groups excluding carboxylic acids is 2. The van der Waals surface area contributed by atoms with Crippen molar-refractivity contribution in [1.82, 2.24) is 0 Å². The molecule has 0 saturated carbocycles. The van der Waals surface area contributed by atoms with Crippen molar-refractivity contribution >= 4 is 57.6 Å². The number of thioether (sulfide) groups is 1. The van der Waals surface area contributed by atoms with Crippen LogP contribution < -0.4 is 19.7 Å². The number of ether oxygens (including phenoxy) is 2. The number of benzene rings is 3. The summed E-state index contributed by atoms with van der Waals surface area (Å²) in [7, 11) is 3.11. The van der Waals surface area contributed by atoms with Gasteiger partial charge in [0.15, 0.2) is 4.32 Å². The third-order valence-electron chi connectivity index (χ3n) is 4.99. The number of halogens is 1. The maximum absolute atomic E-state index is 13.2. The normalized spacial score (nSPS) is 14.4. The first-order chi connectivity index (χ1) is 16.4. The highest BCUT2D eigenvalue weighted by atomic mass is 32.2. The molecule has 3 aromatic rings. The molecule has 0 atom stereocenters. The van der Waals surface area contributed by atoms with Gasteiger partial charge in [0.2, 0.25) is 0 Å². The van der Waals surface area contributed by atoms with Gasteiger partial charge in [-0.2, -0.15) is 0 Å². The number of thiocarbonyl (C=S) groups is 1. The Hall–Kier alpha value is -3.69. The molecule has 1 aliphatic rings. The Morgan fingerprint density at radius 1 is 1.06 bits per heavy atom. The molecule has 1 N–H and O–H groups in total. The van der Waals surface area contributed by atoms with Crippen molar-refractivity contribution < 1.29 is 23.5 Å². The molecule has 1 fully saturated rings. The first kappa shape index (κ1) is 23.5. The Kier molecular flexibility index (Phi) is 6.95. The molecule has 2 amide bonds. The average molecular weight is 495 g/mol. The molecule has 34 heavy (non-hydrogen) atoms. The second kappa shape index (κ2) is 10.1. The van der Waals surface area contributed by atoms with Crippen LogP contribution in [0.3, 0.4) is 0 Å². The van der Waals surface area contributed by atoms with Gasteiger partial charge in [-0.3, -0.25) is 14.5 Å². The topological polar surface area (TPSA) is 67.9 Å². The van der Waals surface area contributed by atoms with Gasteiger partial charge < -0.3 is 14.8 Å². The molecule has 1 heterocycles. The Morgan fingerprint density at radius 3 is 2.53 bits per heavy atom. The summed E-state index contributed by atoms with van der Waals surface area (Å²) >= 11 is 6.62. The van der Waals surface area contributed by atoms with Crippen LogP contribution in [0.1, 0.15) is 15.9 Å². The maximum Gasteiger partial charge on any atom is 0.270 e. The predicted molar refractivity (Wildman–Crippen MR) is 136 cm³/mol. The molecule has 1 aliphatic heterocycles. The standard InChI is InChI=1S/C25H19FN2O4S2/c1-31-20-10-11-21(32-2)16(13-20)14-22-24(30)28(25(33)34-22)19-5-3-4-15(12-19)23(29)27-18-8-6-17(26)7-9-18/h3-14H,1-2H3,(H,27,29)/b22-14+. The van der Waals surface area contributed by atoms with Crippen LogP contribution in [0.2, 0.25) is 0 Å². The van der Waals surface area contributed by atoms with Crippen molar-refractivity contribution in [2.75, 3.05) is 24.4 Å². The maximum atomic E-state index is 13.2. The number of hydrogen-bond donors (Lipinski definition) is 1. The van der Waals surface area contributed by atoms with Crippen molar-refractivity contribution in [3.8, 4) is 11.5 Å². The van der Waals surface area contributed by atoms with Crippen LogP contribution in [-0.4, -0.2) is 30.4 Å². The van der Waals surface area contributed by atoms with Crippen LogP contribution in [0.15, 0.2) is 71.6 Å². The fourth-order valence-corrected chi connectivity index (χ4v) is 4.60. The van der Waals surface area contributed by atoms with Crippen molar-refractivity contribution in [1.29, 1.82) is 0 Å². The minimum absolute atomic E-state index is 0.309. The number of nitrogens with zero attached hydrogens (tertiary/aromatic N) is 1. The van der Waals surface area contributed by atoms with Gasteiger partial charge in [0.25, 0.3) is 11.8 Å². The van der Waals surface area contributed by atoms with E-state index < -0.39 is 11.7 Å². The lowest BCUT2D eigenvalue weighted by Gasteiger charge is -2.15. The van der Waals surface area contributed by atoms with Crippen LogP contribution >= 0.6 is 24.0 Å². The molecule has 0 aromatic heterocycles. The second-order valence-corrected chi connectivity index (χ2v) is 8.81. The number of anilines is 2. The van der Waals surface area contributed by atoms with E-state index in [2.05, 4.69) is 5.32 Å². The number of rotatable bonds is 6. The van der Waals surface area contributed by atoms with E-state index in [1.165, 1.54) is 29.2 Å². The van der Waals surface area contributed by atoms with Gasteiger partial charge in [0.05, 0.1) is 24.8 Å². The lowest BCUT2D eigenvalue weighted by Crippen LogP contribution is -2.27. The zero-order valence-electron chi connectivity index (χ0n) is 18.2. The molecule has 9 heteroatoms. The SMILES string of the molecule is COc1ccc(OC)c(/C=C2/SC(=S)N(c3cccc(C(=O)Nc4ccc(F)cc4)c3)C2=O)c1. The summed E-state index contributed by atoms with van der Waals surface area (Å²) in [6.45, 7) is 0. The second-order valence-electron chi connectivity index (χ2n) is 7.14. The van der Waals surface area contributed by atoms with E-state index in [0.717, 1.165) is 11.8 Å². The van der Waals surface area contributed by atoms with Crippen molar-refractivity contribution in [2.45, 2.75) is 0 Å². The quantitative estimate of drug-likeness (QED) is 0.361. The molecule has 4 rings (SSSR count).